The number of carbonyl (C=O) groups excluding carboxylic acids is 3. The first-order chi connectivity index (χ1) is 32.2. The number of amides is 3. The highest BCUT2D eigenvalue weighted by molar-refractivity contribution is 6.01. The Bertz CT molecular complexity index is 2620. The number of aromatic nitrogens is 6. The minimum atomic E-state index is -0.546. The van der Waals surface area contributed by atoms with Gasteiger partial charge in [0.25, 0.3) is 0 Å². The number of hydrogen-bond donors (Lipinski definition) is 3. The third-order valence-corrected chi connectivity index (χ3v) is 15.5. The van der Waals surface area contributed by atoms with E-state index in [9.17, 15) is 19.6 Å². The molecule has 3 N–H and O–H groups in total. The Morgan fingerprint density at radius 1 is 0.894 bits per heavy atom. The van der Waals surface area contributed by atoms with E-state index >= 15 is 4.39 Å². The summed E-state index contributed by atoms with van der Waals surface area (Å²) < 4.78 is 19.2. The van der Waals surface area contributed by atoms with Crippen LogP contribution in [0.5, 0.6) is 0 Å². The van der Waals surface area contributed by atoms with Crippen molar-refractivity contribution in [1.82, 2.24) is 44.9 Å². The highest BCUT2D eigenvalue weighted by Crippen LogP contribution is 2.39. The van der Waals surface area contributed by atoms with Crippen LogP contribution in [0.15, 0.2) is 61.3 Å². The molecule has 66 heavy (non-hydrogen) atoms. The van der Waals surface area contributed by atoms with Crippen molar-refractivity contribution in [2.24, 2.45) is 5.41 Å². The molecule has 2 aliphatic carbocycles. The van der Waals surface area contributed by atoms with Crippen LogP contribution in [-0.2, 0) is 14.4 Å². The summed E-state index contributed by atoms with van der Waals surface area (Å²) in [5, 5.41) is 28.2. The summed E-state index contributed by atoms with van der Waals surface area (Å²) in [7, 11) is 0. The molecule has 1 atom stereocenters. The summed E-state index contributed by atoms with van der Waals surface area (Å²) in [6, 6.07) is 12.0. The van der Waals surface area contributed by atoms with Crippen molar-refractivity contribution in [3.8, 4) is 28.6 Å². The maximum absolute atomic E-state index is 15.4. The monoisotopic (exact) mass is 894 g/mol. The average Bonchev–Trinajstić information content (AvgIpc) is 4.15. The molecule has 0 bridgehead atoms. The van der Waals surface area contributed by atoms with E-state index in [1.165, 1.54) is 18.9 Å². The maximum Gasteiger partial charge on any atom is 0.249 e. The molecule has 5 aliphatic rings. The molecule has 3 saturated heterocycles. The van der Waals surface area contributed by atoms with Gasteiger partial charge in [-0.1, -0.05) is 25.8 Å². The molecule has 5 fully saturated rings. The Hall–Kier alpha value is -6.21. The van der Waals surface area contributed by atoms with Gasteiger partial charge in [-0.15, -0.1) is 0 Å². The lowest BCUT2D eigenvalue weighted by Gasteiger charge is -2.41. The average molecular weight is 895 g/mol. The van der Waals surface area contributed by atoms with Gasteiger partial charge in [-0.05, 0) is 126 Å². The molecule has 0 radical (unpaired) electrons. The van der Waals surface area contributed by atoms with Gasteiger partial charge in [0.1, 0.15) is 34.8 Å². The van der Waals surface area contributed by atoms with Crippen LogP contribution in [0.3, 0.4) is 0 Å². The molecule has 344 valence electrons. The van der Waals surface area contributed by atoms with Gasteiger partial charge in [-0.2, -0.15) is 15.5 Å². The molecule has 5 aromatic rings. The lowest BCUT2D eigenvalue weighted by molar-refractivity contribution is -0.134. The number of anilines is 2. The number of rotatable bonds is 11. The number of halogens is 1. The van der Waals surface area contributed by atoms with E-state index in [2.05, 4.69) is 54.7 Å². The zero-order chi connectivity index (χ0) is 45.4. The summed E-state index contributed by atoms with van der Waals surface area (Å²) in [5.41, 5.74) is 5.01. The van der Waals surface area contributed by atoms with Crippen LogP contribution in [0.4, 0.5) is 15.9 Å². The van der Waals surface area contributed by atoms with E-state index in [1.54, 1.807) is 10.7 Å². The summed E-state index contributed by atoms with van der Waals surface area (Å²) in [6.07, 6.45) is 22.8. The van der Waals surface area contributed by atoms with Gasteiger partial charge >= 0.3 is 0 Å². The number of likely N-dealkylation sites (tertiary alicyclic amines) is 1. The van der Waals surface area contributed by atoms with Crippen LogP contribution in [0.25, 0.3) is 28.0 Å². The van der Waals surface area contributed by atoms with Crippen molar-refractivity contribution in [2.75, 3.05) is 36.4 Å². The van der Waals surface area contributed by atoms with E-state index in [4.69, 9.17) is 15.1 Å². The first-order valence-electron chi connectivity index (χ1n) is 24.2. The number of fused-ring (bicyclic) bond motifs is 1. The molecule has 1 aromatic carbocycles. The molecule has 2 saturated carbocycles. The standard InChI is InChI=1S/C50H59FN12O3/c1-2-50(49(66)57-36-5-3-4-6-36)19-23-61(24-20-50)44-15-7-33(27-53-44)46-47-34(26-52)28-55-63(47)31-43(58-46)35-29-54-62(30-35)39-11-9-38(10-12-39)60-21-17-32(18-22-60)40-13-8-37(25-41(40)51)56-42-14-16-45(64)59-48(42)65/h7-8,13,15,25,27-32,36,38-39,42,56H,2-6,9-12,14,16-24H2,1H3,(H,57,66)(H,59,64,65)/t38-,39-,42-/m1/s1. The van der Waals surface area contributed by atoms with Gasteiger partial charge in [0.2, 0.25) is 17.7 Å². The maximum atomic E-state index is 15.4. The SMILES string of the molecule is CCC1(C(=O)NC2CCCC2)CCN(c2ccc(-c3nc(-c4cnn([C@H]5CC[C@H](N6CCC(c7ccc(N[C@@H]8CCC(=O)NC8=O)cc7F)CC6)CC5)c4)cn4ncc(C#N)c34)cn2)CC1. The van der Waals surface area contributed by atoms with Crippen LogP contribution in [0.2, 0.25) is 0 Å². The fraction of sp³-hybridized carbons (Fsp3) is 0.520. The molecular weight excluding hydrogens is 836 g/mol. The minimum Gasteiger partial charge on any atom is -0.374 e. The first kappa shape index (κ1) is 43.7. The number of imide groups is 1. The van der Waals surface area contributed by atoms with Crippen LogP contribution >= 0.6 is 0 Å². The third kappa shape index (κ3) is 8.77. The zero-order valence-electron chi connectivity index (χ0n) is 37.7. The number of nitriles is 1. The number of pyridine rings is 1. The largest absolute Gasteiger partial charge is 0.374 e. The van der Waals surface area contributed by atoms with Crippen molar-refractivity contribution in [2.45, 2.75) is 133 Å². The number of hydrogen-bond acceptors (Lipinski definition) is 11. The van der Waals surface area contributed by atoms with E-state index < -0.39 is 6.04 Å². The second kappa shape index (κ2) is 18.6. The Morgan fingerprint density at radius 3 is 2.36 bits per heavy atom. The smallest absolute Gasteiger partial charge is 0.249 e. The third-order valence-electron chi connectivity index (χ3n) is 15.5. The lowest BCUT2D eigenvalue weighted by Crippen LogP contribution is -2.50. The van der Waals surface area contributed by atoms with Crippen molar-refractivity contribution >= 4 is 34.7 Å². The van der Waals surface area contributed by atoms with Crippen molar-refractivity contribution in [1.29, 1.82) is 5.26 Å². The van der Waals surface area contributed by atoms with Crippen LogP contribution in [-0.4, -0.2) is 96.3 Å². The van der Waals surface area contributed by atoms with Crippen molar-refractivity contribution in [3.05, 3.63) is 78.3 Å². The molecule has 15 nitrogen and oxygen atoms in total. The zero-order valence-corrected chi connectivity index (χ0v) is 37.7. The van der Waals surface area contributed by atoms with E-state index in [1.807, 2.05) is 42.9 Å². The van der Waals surface area contributed by atoms with Crippen molar-refractivity contribution in [3.63, 3.8) is 0 Å². The quantitative estimate of drug-likeness (QED) is 0.113. The summed E-state index contributed by atoms with van der Waals surface area (Å²) in [6.45, 7) is 5.51. The fourth-order valence-corrected chi connectivity index (χ4v) is 11.4. The molecule has 3 amide bonds. The van der Waals surface area contributed by atoms with Gasteiger partial charge in [-0.3, -0.25) is 24.4 Å². The second-order valence-corrected chi connectivity index (χ2v) is 19.3. The summed E-state index contributed by atoms with van der Waals surface area (Å²) in [5.74, 6) is 0.325. The molecule has 0 unspecified atom stereocenters. The predicted molar refractivity (Wildman–Crippen MR) is 248 cm³/mol. The Kier molecular flexibility index (Phi) is 12.3. The molecule has 0 spiro atoms. The van der Waals surface area contributed by atoms with Crippen molar-refractivity contribution < 1.29 is 18.8 Å². The fourth-order valence-electron chi connectivity index (χ4n) is 11.4. The Labute approximate surface area is 384 Å². The van der Waals surface area contributed by atoms with Gasteiger partial charge in [0.05, 0.1) is 41.4 Å². The summed E-state index contributed by atoms with van der Waals surface area (Å²) in [4.78, 5) is 52.0. The number of nitrogens with one attached hydrogen (secondary N) is 3. The Balaban J connectivity index is 0.755. The molecule has 3 aliphatic heterocycles. The van der Waals surface area contributed by atoms with E-state index in [-0.39, 0.29) is 47.3 Å². The molecule has 16 heteroatoms. The second-order valence-electron chi connectivity index (χ2n) is 19.3. The molecule has 10 rings (SSSR count). The highest BCUT2D eigenvalue weighted by Gasteiger charge is 2.41. The normalized spacial score (nSPS) is 23.2. The molecule has 4 aromatic heterocycles. The minimum absolute atomic E-state index is 0.144. The van der Waals surface area contributed by atoms with Crippen LogP contribution in [0, 0.1) is 22.6 Å². The first-order valence-corrected chi connectivity index (χ1v) is 24.2. The highest BCUT2D eigenvalue weighted by atomic mass is 19.1. The van der Waals surface area contributed by atoms with Crippen LogP contribution < -0.4 is 20.9 Å². The molecule has 7 heterocycles. The molecular formula is C50H59FN12O3. The number of carbonyl (C=O) groups is 3. The van der Waals surface area contributed by atoms with Gasteiger partial charge in [0, 0.05) is 60.8 Å². The van der Waals surface area contributed by atoms with Gasteiger partial charge < -0.3 is 20.4 Å². The van der Waals surface area contributed by atoms with Crippen LogP contribution in [0.1, 0.15) is 126 Å². The Morgan fingerprint density at radius 2 is 1.67 bits per heavy atom. The van der Waals surface area contributed by atoms with Gasteiger partial charge in [-0.25, -0.2) is 18.9 Å². The van der Waals surface area contributed by atoms with E-state index in [0.29, 0.717) is 46.7 Å². The number of benzene rings is 1. The summed E-state index contributed by atoms with van der Waals surface area (Å²) >= 11 is 0. The van der Waals surface area contributed by atoms with Gasteiger partial charge in [0.15, 0.2) is 0 Å². The topological polar surface area (TPSA) is 178 Å². The van der Waals surface area contributed by atoms with E-state index in [0.717, 1.165) is 119 Å². The lowest BCUT2D eigenvalue weighted by atomic mass is 9.75. The number of piperidine rings is 3. The predicted octanol–water partition coefficient (Wildman–Crippen LogP) is 7.30. The number of nitrogens with zero attached hydrogens (tertiary/aromatic N) is 9.